The van der Waals surface area contributed by atoms with Crippen molar-refractivity contribution in [3.8, 4) is 6.07 Å². The quantitative estimate of drug-likeness (QED) is 0.526. The van der Waals surface area contributed by atoms with Crippen molar-refractivity contribution >= 4 is 7.26 Å². The number of hydrogen-bond acceptors (Lipinski definition) is 1. The summed E-state index contributed by atoms with van der Waals surface area (Å²) >= 11 is 0. The molecule has 0 bridgehead atoms. The molecule has 0 amide bonds. The second-order valence-corrected chi connectivity index (χ2v) is 9.54. The van der Waals surface area contributed by atoms with Gasteiger partial charge in [0.15, 0.2) is 5.66 Å². The summed E-state index contributed by atoms with van der Waals surface area (Å²) in [5.74, 6) is 0. The van der Waals surface area contributed by atoms with Gasteiger partial charge in [-0.2, -0.15) is 5.26 Å². The summed E-state index contributed by atoms with van der Waals surface area (Å²) in [6.07, 6.45) is 10.1. The van der Waals surface area contributed by atoms with Crippen molar-refractivity contribution < 1.29 is 0 Å². The number of nitriles is 1. The van der Waals surface area contributed by atoms with Crippen LogP contribution in [0.4, 0.5) is 0 Å². The van der Waals surface area contributed by atoms with E-state index >= 15 is 0 Å². The standard InChI is InChI=1S/C14H29NP/c1-5-8-11-16(4,12-9-6-2)14(13-15)10-7-3/h14H,5-12H2,1-4H3/q+1. The van der Waals surface area contributed by atoms with Crippen LogP contribution in [-0.2, 0) is 0 Å². The molecule has 1 unspecified atom stereocenters. The smallest absolute Gasteiger partial charge is 0.154 e. The van der Waals surface area contributed by atoms with Gasteiger partial charge in [-0.1, -0.05) is 40.0 Å². The van der Waals surface area contributed by atoms with Crippen LogP contribution in [0.5, 0.6) is 0 Å². The average Bonchev–Trinajstić information content (AvgIpc) is 2.30. The van der Waals surface area contributed by atoms with E-state index < -0.39 is 7.26 Å². The molecule has 0 aliphatic rings. The maximum atomic E-state index is 9.37. The Labute approximate surface area is 103 Å². The van der Waals surface area contributed by atoms with Gasteiger partial charge in [0, 0.05) is 7.26 Å². The van der Waals surface area contributed by atoms with E-state index in [-0.39, 0.29) is 0 Å². The molecule has 0 aliphatic heterocycles. The van der Waals surface area contributed by atoms with E-state index in [0.29, 0.717) is 5.66 Å². The highest BCUT2D eigenvalue weighted by atomic mass is 31.2. The molecule has 0 aliphatic carbocycles. The number of unbranched alkanes of at least 4 members (excludes halogenated alkanes) is 2. The number of rotatable bonds is 9. The lowest BCUT2D eigenvalue weighted by atomic mass is 10.3. The first-order chi connectivity index (χ1) is 7.64. The molecule has 1 atom stereocenters. The summed E-state index contributed by atoms with van der Waals surface area (Å²) in [5.41, 5.74) is 0.371. The summed E-state index contributed by atoms with van der Waals surface area (Å²) in [4.78, 5) is 0. The molecule has 0 saturated carbocycles. The van der Waals surface area contributed by atoms with Crippen LogP contribution in [0.3, 0.4) is 0 Å². The van der Waals surface area contributed by atoms with Crippen molar-refractivity contribution in [1.29, 1.82) is 5.26 Å². The van der Waals surface area contributed by atoms with Crippen molar-refractivity contribution in [1.82, 2.24) is 0 Å². The van der Waals surface area contributed by atoms with Gasteiger partial charge in [-0.05, 0) is 19.3 Å². The van der Waals surface area contributed by atoms with Crippen molar-refractivity contribution in [3.05, 3.63) is 0 Å². The Balaban J connectivity index is 4.52. The van der Waals surface area contributed by atoms with E-state index in [2.05, 4.69) is 33.5 Å². The Morgan fingerprint density at radius 3 is 1.81 bits per heavy atom. The Hall–Kier alpha value is -0.0800. The first-order valence-electron chi connectivity index (χ1n) is 6.88. The zero-order chi connectivity index (χ0) is 12.4. The molecule has 16 heavy (non-hydrogen) atoms. The van der Waals surface area contributed by atoms with Gasteiger partial charge in [-0.15, -0.1) is 0 Å². The van der Waals surface area contributed by atoms with Gasteiger partial charge < -0.3 is 0 Å². The molecular weight excluding hydrogens is 213 g/mol. The van der Waals surface area contributed by atoms with E-state index in [0.717, 1.165) is 12.8 Å². The fraction of sp³-hybridized carbons (Fsp3) is 0.929. The molecule has 1 nitrogen and oxygen atoms in total. The third-order valence-corrected chi connectivity index (χ3v) is 8.06. The first kappa shape index (κ1) is 15.9. The molecular formula is C14H29NP+. The van der Waals surface area contributed by atoms with Crippen molar-refractivity contribution in [2.24, 2.45) is 0 Å². The monoisotopic (exact) mass is 242 g/mol. The molecule has 0 fully saturated rings. The summed E-state index contributed by atoms with van der Waals surface area (Å²) in [6, 6.07) is 2.61. The van der Waals surface area contributed by atoms with E-state index in [1.54, 1.807) is 0 Å². The Morgan fingerprint density at radius 2 is 1.50 bits per heavy atom. The molecule has 0 spiro atoms. The highest BCUT2D eigenvalue weighted by molar-refractivity contribution is 7.76. The molecule has 0 saturated heterocycles. The van der Waals surface area contributed by atoms with Crippen LogP contribution in [-0.4, -0.2) is 24.6 Å². The minimum atomic E-state index is -0.990. The Kier molecular flexibility index (Phi) is 8.96. The molecule has 0 rings (SSSR count). The SMILES string of the molecule is CCCC[P+](C)(CCCC)C(C#N)CCC. The van der Waals surface area contributed by atoms with E-state index in [1.165, 1.54) is 38.0 Å². The Morgan fingerprint density at radius 1 is 1.00 bits per heavy atom. The largest absolute Gasteiger partial charge is 0.194 e. The highest BCUT2D eigenvalue weighted by Gasteiger charge is 2.39. The van der Waals surface area contributed by atoms with Crippen molar-refractivity contribution in [3.63, 3.8) is 0 Å². The molecule has 0 aromatic carbocycles. The van der Waals surface area contributed by atoms with Gasteiger partial charge in [-0.25, -0.2) is 0 Å². The third-order valence-electron chi connectivity index (χ3n) is 3.51. The maximum Gasteiger partial charge on any atom is 0.154 e. The fourth-order valence-corrected chi connectivity index (χ4v) is 6.34. The summed E-state index contributed by atoms with van der Waals surface area (Å²) in [6.45, 7) is 9.16. The summed E-state index contributed by atoms with van der Waals surface area (Å²) in [5, 5.41) is 9.37. The van der Waals surface area contributed by atoms with Crippen LogP contribution in [0.2, 0.25) is 0 Å². The lowest BCUT2D eigenvalue weighted by molar-refractivity contribution is 0.796. The van der Waals surface area contributed by atoms with Gasteiger partial charge in [0.25, 0.3) is 0 Å². The molecule has 0 heterocycles. The van der Waals surface area contributed by atoms with Gasteiger partial charge in [0.1, 0.15) is 6.07 Å². The predicted molar refractivity (Wildman–Crippen MR) is 76.7 cm³/mol. The van der Waals surface area contributed by atoms with Crippen LogP contribution in [0.15, 0.2) is 0 Å². The first-order valence-corrected chi connectivity index (χ1v) is 9.56. The van der Waals surface area contributed by atoms with Gasteiger partial charge >= 0.3 is 0 Å². The third kappa shape index (κ3) is 5.31. The normalized spacial score (nSPS) is 13.4. The topological polar surface area (TPSA) is 23.8 Å². The number of nitrogens with zero attached hydrogens (tertiary/aromatic N) is 1. The van der Waals surface area contributed by atoms with E-state index in [4.69, 9.17) is 0 Å². The molecule has 0 aromatic rings. The van der Waals surface area contributed by atoms with Crippen LogP contribution >= 0.6 is 7.26 Å². The number of hydrogen-bond donors (Lipinski definition) is 0. The summed E-state index contributed by atoms with van der Waals surface area (Å²) < 4.78 is 0. The minimum Gasteiger partial charge on any atom is -0.194 e. The second kappa shape index (κ2) is 9.00. The van der Waals surface area contributed by atoms with Gasteiger partial charge in [0.05, 0.1) is 19.0 Å². The average molecular weight is 242 g/mol. The van der Waals surface area contributed by atoms with E-state index in [1.807, 2.05) is 0 Å². The fourth-order valence-electron chi connectivity index (χ4n) is 2.25. The highest BCUT2D eigenvalue weighted by Crippen LogP contribution is 2.61. The molecule has 0 radical (unpaired) electrons. The lowest BCUT2D eigenvalue weighted by Crippen LogP contribution is -2.17. The molecule has 2 heteroatoms. The van der Waals surface area contributed by atoms with Crippen molar-refractivity contribution in [2.75, 3.05) is 19.0 Å². The molecule has 0 N–H and O–H groups in total. The summed E-state index contributed by atoms with van der Waals surface area (Å²) in [7, 11) is -0.990. The van der Waals surface area contributed by atoms with Crippen LogP contribution in [0.1, 0.15) is 59.3 Å². The van der Waals surface area contributed by atoms with Crippen molar-refractivity contribution in [2.45, 2.75) is 65.0 Å². The van der Waals surface area contributed by atoms with Crippen LogP contribution in [0.25, 0.3) is 0 Å². The second-order valence-electron chi connectivity index (χ2n) is 5.07. The van der Waals surface area contributed by atoms with Crippen LogP contribution in [0, 0.1) is 11.3 Å². The molecule has 0 aromatic heterocycles. The van der Waals surface area contributed by atoms with Gasteiger partial charge in [-0.3, -0.25) is 0 Å². The zero-order valence-corrected chi connectivity index (χ0v) is 12.5. The minimum absolute atomic E-state index is 0.371. The van der Waals surface area contributed by atoms with Crippen LogP contribution < -0.4 is 0 Å². The maximum absolute atomic E-state index is 9.37. The lowest BCUT2D eigenvalue weighted by Gasteiger charge is -2.27. The van der Waals surface area contributed by atoms with E-state index in [9.17, 15) is 5.26 Å². The molecule has 94 valence electrons. The predicted octanol–water partition coefficient (Wildman–Crippen LogP) is 4.93. The zero-order valence-electron chi connectivity index (χ0n) is 11.6. The van der Waals surface area contributed by atoms with Gasteiger partial charge in [0.2, 0.25) is 0 Å². The Bertz CT molecular complexity index is 199.